The van der Waals surface area contributed by atoms with Crippen LogP contribution in [0.1, 0.15) is 40.0 Å². The smallest absolute Gasteiger partial charge is 0.141 e. The molecule has 0 aromatic heterocycles. The SMILES string of the molecule is CC(=O)C1(C)CCCC(C)/C1=N\O. The van der Waals surface area contributed by atoms with Gasteiger partial charge in [-0.3, -0.25) is 4.79 Å². The molecule has 1 rings (SSSR count). The molecule has 0 saturated heterocycles. The lowest BCUT2D eigenvalue weighted by Crippen LogP contribution is -2.41. The van der Waals surface area contributed by atoms with Crippen LogP contribution in [0.15, 0.2) is 5.16 Å². The van der Waals surface area contributed by atoms with Crippen molar-refractivity contribution < 1.29 is 10.0 Å². The average molecular weight is 183 g/mol. The summed E-state index contributed by atoms with van der Waals surface area (Å²) >= 11 is 0. The minimum Gasteiger partial charge on any atom is -0.411 e. The highest BCUT2D eigenvalue weighted by Crippen LogP contribution is 2.37. The number of oxime groups is 1. The van der Waals surface area contributed by atoms with Crippen LogP contribution in [-0.2, 0) is 4.79 Å². The molecule has 0 radical (unpaired) electrons. The van der Waals surface area contributed by atoms with E-state index in [0.29, 0.717) is 5.71 Å². The molecule has 0 spiro atoms. The summed E-state index contributed by atoms with van der Waals surface area (Å²) in [5.41, 5.74) is 0.137. The number of hydrogen-bond acceptors (Lipinski definition) is 3. The molecule has 1 saturated carbocycles. The topological polar surface area (TPSA) is 49.7 Å². The van der Waals surface area contributed by atoms with E-state index in [-0.39, 0.29) is 11.7 Å². The summed E-state index contributed by atoms with van der Waals surface area (Å²) in [5.74, 6) is 0.333. The summed E-state index contributed by atoms with van der Waals surface area (Å²) in [6, 6.07) is 0. The lowest BCUT2D eigenvalue weighted by Gasteiger charge is -2.35. The molecule has 3 heteroatoms. The molecule has 0 heterocycles. The quantitative estimate of drug-likeness (QED) is 0.500. The summed E-state index contributed by atoms with van der Waals surface area (Å²) < 4.78 is 0. The molecule has 13 heavy (non-hydrogen) atoms. The van der Waals surface area contributed by atoms with Gasteiger partial charge < -0.3 is 5.21 Å². The summed E-state index contributed by atoms with van der Waals surface area (Å²) in [6.45, 7) is 5.46. The number of rotatable bonds is 1. The number of ketones is 1. The third-order valence-corrected chi connectivity index (χ3v) is 3.23. The van der Waals surface area contributed by atoms with E-state index in [4.69, 9.17) is 5.21 Å². The summed E-state index contributed by atoms with van der Waals surface area (Å²) in [6.07, 6.45) is 2.87. The van der Waals surface area contributed by atoms with Crippen LogP contribution in [-0.4, -0.2) is 16.7 Å². The number of hydrogen-bond donors (Lipinski definition) is 1. The van der Waals surface area contributed by atoms with E-state index in [1.54, 1.807) is 6.92 Å². The molecule has 1 aliphatic rings. The van der Waals surface area contributed by atoms with E-state index < -0.39 is 5.41 Å². The third kappa shape index (κ3) is 1.60. The van der Waals surface area contributed by atoms with Gasteiger partial charge in [-0.2, -0.15) is 0 Å². The van der Waals surface area contributed by atoms with Crippen molar-refractivity contribution in [2.24, 2.45) is 16.5 Å². The molecule has 0 aliphatic heterocycles. The van der Waals surface area contributed by atoms with Gasteiger partial charge in [-0.05, 0) is 32.6 Å². The maximum Gasteiger partial charge on any atom is 0.141 e. The highest BCUT2D eigenvalue weighted by Gasteiger charge is 2.41. The van der Waals surface area contributed by atoms with Gasteiger partial charge in [0.1, 0.15) is 5.78 Å². The first kappa shape index (κ1) is 10.2. The third-order valence-electron chi connectivity index (χ3n) is 3.23. The molecular formula is C10H17NO2. The van der Waals surface area contributed by atoms with Crippen LogP contribution in [0.2, 0.25) is 0 Å². The Bertz CT molecular complexity index is 247. The van der Waals surface area contributed by atoms with Gasteiger partial charge in [0, 0.05) is 0 Å². The Morgan fingerprint density at radius 3 is 2.69 bits per heavy atom. The van der Waals surface area contributed by atoms with Gasteiger partial charge in [0.05, 0.1) is 11.1 Å². The van der Waals surface area contributed by atoms with E-state index in [2.05, 4.69) is 5.16 Å². The van der Waals surface area contributed by atoms with Gasteiger partial charge in [-0.25, -0.2) is 0 Å². The van der Waals surface area contributed by atoms with E-state index in [9.17, 15) is 4.79 Å². The van der Waals surface area contributed by atoms with Crippen molar-refractivity contribution in [2.45, 2.75) is 40.0 Å². The van der Waals surface area contributed by atoms with Crippen molar-refractivity contribution in [3.63, 3.8) is 0 Å². The standard InChI is InChI=1S/C10H17NO2/c1-7-5-4-6-10(3,8(2)12)9(7)11-13/h7,13H,4-6H2,1-3H3/b11-9+. The van der Waals surface area contributed by atoms with Crippen LogP contribution in [0, 0.1) is 11.3 Å². The molecule has 0 amide bonds. The first-order valence-electron chi connectivity index (χ1n) is 4.76. The maximum atomic E-state index is 11.4. The molecule has 1 fully saturated rings. The van der Waals surface area contributed by atoms with Crippen molar-refractivity contribution in [2.75, 3.05) is 0 Å². The van der Waals surface area contributed by atoms with Gasteiger partial charge >= 0.3 is 0 Å². The molecule has 0 aromatic carbocycles. The van der Waals surface area contributed by atoms with Crippen molar-refractivity contribution >= 4 is 11.5 Å². The Labute approximate surface area is 78.8 Å². The van der Waals surface area contributed by atoms with Crippen molar-refractivity contribution in [1.82, 2.24) is 0 Å². The zero-order chi connectivity index (χ0) is 10.1. The van der Waals surface area contributed by atoms with Crippen LogP contribution in [0.4, 0.5) is 0 Å². The van der Waals surface area contributed by atoms with Crippen molar-refractivity contribution in [1.29, 1.82) is 0 Å². The highest BCUT2D eigenvalue weighted by molar-refractivity contribution is 6.09. The second-order valence-electron chi connectivity index (χ2n) is 4.17. The highest BCUT2D eigenvalue weighted by atomic mass is 16.4. The summed E-state index contributed by atoms with van der Waals surface area (Å²) in [4.78, 5) is 11.4. The van der Waals surface area contributed by atoms with Gasteiger partial charge in [0.25, 0.3) is 0 Å². The van der Waals surface area contributed by atoms with Gasteiger partial charge in [-0.15, -0.1) is 0 Å². The zero-order valence-corrected chi connectivity index (χ0v) is 8.50. The molecule has 1 N–H and O–H groups in total. The normalized spacial score (nSPS) is 37.8. The fourth-order valence-electron chi connectivity index (χ4n) is 2.14. The minimum absolute atomic E-state index is 0.104. The molecule has 2 unspecified atom stereocenters. The Kier molecular flexibility index (Phi) is 2.74. The second-order valence-corrected chi connectivity index (χ2v) is 4.17. The van der Waals surface area contributed by atoms with Gasteiger partial charge in [0.2, 0.25) is 0 Å². The van der Waals surface area contributed by atoms with Crippen LogP contribution in [0.5, 0.6) is 0 Å². The van der Waals surface area contributed by atoms with Crippen LogP contribution >= 0.6 is 0 Å². The zero-order valence-electron chi connectivity index (χ0n) is 8.50. The van der Waals surface area contributed by atoms with E-state index in [1.807, 2.05) is 13.8 Å². The second kappa shape index (κ2) is 3.48. The maximum absolute atomic E-state index is 11.4. The van der Waals surface area contributed by atoms with Crippen LogP contribution < -0.4 is 0 Å². The number of Topliss-reactive ketones (excluding diaryl/α,β-unsaturated/α-hetero) is 1. The first-order valence-corrected chi connectivity index (χ1v) is 4.76. The molecule has 3 nitrogen and oxygen atoms in total. The number of nitrogens with zero attached hydrogens (tertiary/aromatic N) is 1. The van der Waals surface area contributed by atoms with Gasteiger partial charge in [0.15, 0.2) is 0 Å². The van der Waals surface area contributed by atoms with Crippen molar-refractivity contribution in [3.8, 4) is 0 Å². The minimum atomic E-state index is -0.521. The lowest BCUT2D eigenvalue weighted by atomic mass is 9.67. The molecule has 2 atom stereocenters. The molecule has 0 aromatic rings. The molecule has 74 valence electrons. The Morgan fingerprint density at radius 1 is 1.69 bits per heavy atom. The van der Waals surface area contributed by atoms with E-state index in [0.717, 1.165) is 19.3 Å². The Hall–Kier alpha value is -0.860. The van der Waals surface area contributed by atoms with Gasteiger partial charge in [-0.1, -0.05) is 18.5 Å². The Balaban J connectivity index is 3.01. The van der Waals surface area contributed by atoms with Crippen LogP contribution in [0.3, 0.4) is 0 Å². The fraction of sp³-hybridized carbons (Fsp3) is 0.800. The average Bonchev–Trinajstić information content (AvgIpc) is 2.04. The Morgan fingerprint density at radius 2 is 2.31 bits per heavy atom. The lowest BCUT2D eigenvalue weighted by molar-refractivity contribution is -0.123. The molecule has 0 bridgehead atoms. The monoisotopic (exact) mass is 183 g/mol. The predicted molar refractivity (Wildman–Crippen MR) is 51.0 cm³/mol. The van der Waals surface area contributed by atoms with E-state index in [1.165, 1.54) is 0 Å². The summed E-state index contributed by atoms with van der Waals surface area (Å²) in [5, 5.41) is 12.2. The fourth-order valence-corrected chi connectivity index (χ4v) is 2.14. The number of carbonyl (C=O) groups is 1. The van der Waals surface area contributed by atoms with Crippen molar-refractivity contribution in [3.05, 3.63) is 0 Å². The van der Waals surface area contributed by atoms with Crippen LogP contribution in [0.25, 0.3) is 0 Å². The molecular weight excluding hydrogens is 166 g/mol. The predicted octanol–water partition coefficient (Wildman–Crippen LogP) is 2.23. The largest absolute Gasteiger partial charge is 0.411 e. The first-order chi connectivity index (χ1) is 6.02. The number of carbonyl (C=O) groups excluding carboxylic acids is 1. The molecule has 1 aliphatic carbocycles. The van der Waals surface area contributed by atoms with E-state index >= 15 is 0 Å². The summed E-state index contributed by atoms with van der Waals surface area (Å²) in [7, 11) is 0.